The molecule has 1 aliphatic heterocycles. The Morgan fingerprint density at radius 2 is 2.18 bits per heavy atom. The van der Waals surface area contributed by atoms with Crippen LogP contribution in [0.3, 0.4) is 0 Å². The van der Waals surface area contributed by atoms with Crippen LogP contribution in [0.2, 0.25) is 0 Å². The number of rotatable bonds is 1. The largest absolute Gasteiger partial charge is 0.347 e. The number of nitrogens with one attached hydrogen (secondary N) is 2. The number of hydrogen-bond acceptors (Lipinski definition) is 3. The molecular weight excluding hydrogens is 142 g/mol. The van der Waals surface area contributed by atoms with Crippen molar-refractivity contribution in [2.75, 3.05) is 33.7 Å². The van der Waals surface area contributed by atoms with E-state index in [9.17, 15) is 4.79 Å². The van der Waals surface area contributed by atoms with Gasteiger partial charge < -0.3 is 15.5 Å². The molecule has 1 amide bonds. The van der Waals surface area contributed by atoms with Crippen molar-refractivity contribution in [3.05, 3.63) is 0 Å². The fourth-order valence-corrected chi connectivity index (χ4v) is 1.14. The minimum absolute atomic E-state index is 0.0289. The summed E-state index contributed by atoms with van der Waals surface area (Å²) in [5.74, 6) is 0.150. The molecule has 2 N–H and O–H groups in total. The van der Waals surface area contributed by atoms with Gasteiger partial charge in [0.15, 0.2) is 0 Å². The lowest BCUT2D eigenvalue weighted by Crippen LogP contribution is -2.55. The Labute approximate surface area is 66.9 Å². The molecule has 1 atom stereocenters. The van der Waals surface area contributed by atoms with Crippen LogP contribution < -0.4 is 10.6 Å². The summed E-state index contributed by atoms with van der Waals surface area (Å²) in [5.41, 5.74) is 0. The highest BCUT2D eigenvalue weighted by Gasteiger charge is 2.20. The second-order valence-electron chi connectivity index (χ2n) is 2.94. The van der Waals surface area contributed by atoms with Gasteiger partial charge in [0.25, 0.3) is 0 Å². The number of nitrogens with zero attached hydrogens (tertiary/aromatic N) is 1. The average Bonchev–Trinajstić information content (AvgIpc) is 2.05. The van der Waals surface area contributed by atoms with Crippen LogP contribution in [-0.2, 0) is 4.79 Å². The van der Waals surface area contributed by atoms with E-state index in [-0.39, 0.29) is 11.9 Å². The van der Waals surface area contributed by atoms with Crippen LogP contribution in [0.25, 0.3) is 0 Å². The number of carbonyl (C=O) groups excluding carboxylic acids is 1. The van der Waals surface area contributed by atoms with E-state index < -0.39 is 0 Å². The second-order valence-corrected chi connectivity index (χ2v) is 2.94. The van der Waals surface area contributed by atoms with Gasteiger partial charge in [0.2, 0.25) is 5.91 Å². The second kappa shape index (κ2) is 3.69. The summed E-state index contributed by atoms with van der Waals surface area (Å²) in [7, 11) is 3.55. The molecule has 4 nitrogen and oxygen atoms in total. The van der Waals surface area contributed by atoms with Crippen LogP contribution in [-0.4, -0.2) is 50.6 Å². The molecule has 1 fully saturated rings. The molecule has 11 heavy (non-hydrogen) atoms. The normalized spacial score (nSPS) is 24.7. The first-order chi connectivity index (χ1) is 5.22. The highest BCUT2D eigenvalue weighted by Crippen LogP contribution is 1.91. The van der Waals surface area contributed by atoms with Gasteiger partial charge in [0.1, 0.15) is 0 Å². The minimum atomic E-state index is -0.0289. The molecular formula is C7H15N3O. The van der Waals surface area contributed by atoms with E-state index in [4.69, 9.17) is 0 Å². The Hall–Kier alpha value is -0.610. The SMILES string of the molecule is CN(C)C(=O)[C@H]1CNCCN1. The first kappa shape index (κ1) is 8.49. The Balaban J connectivity index is 2.39. The summed E-state index contributed by atoms with van der Waals surface area (Å²) in [4.78, 5) is 12.9. The first-order valence-corrected chi connectivity index (χ1v) is 3.87. The molecule has 0 saturated carbocycles. The van der Waals surface area contributed by atoms with Crippen LogP contribution >= 0.6 is 0 Å². The molecule has 0 aromatic rings. The summed E-state index contributed by atoms with van der Waals surface area (Å²) in [5, 5.41) is 6.31. The van der Waals surface area contributed by atoms with Gasteiger partial charge in [-0.25, -0.2) is 0 Å². The lowest BCUT2D eigenvalue weighted by molar-refractivity contribution is -0.131. The van der Waals surface area contributed by atoms with E-state index >= 15 is 0 Å². The van der Waals surface area contributed by atoms with E-state index in [0.29, 0.717) is 0 Å². The lowest BCUT2D eigenvalue weighted by atomic mass is 10.2. The summed E-state index contributed by atoms with van der Waals surface area (Å²) in [6.45, 7) is 2.58. The van der Waals surface area contributed by atoms with Crippen molar-refractivity contribution < 1.29 is 4.79 Å². The maximum Gasteiger partial charge on any atom is 0.240 e. The Morgan fingerprint density at radius 1 is 1.45 bits per heavy atom. The van der Waals surface area contributed by atoms with E-state index in [1.807, 2.05) is 0 Å². The van der Waals surface area contributed by atoms with Crippen molar-refractivity contribution >= 4 is 5.91 Å². The van der Waals surface area contributed by atoms with Crippen molar-refractivity contribution in [3.63, 3.8) is 0 Å². The number of likely N-dealkylation sites (N-methyl/N-ethyl adjacent to an activating group) is 1. The molecule has 0 aromatic heterocycles. The highest BCUT2D eigenvalue weighted by molar-refractivity contribution is 5.81. The van der Waals surface area contributed by atoms with Crippen molar-refractivity contribution in [2.45, 2.75) is 6.04 Å². The maximum atomic E-state index is 11.3. The summed E-state index contributed by atoms with van der Waals surface area (Å²) >= 11 is 0. The van der Waals surface area contributed by atoms with Crippen LogP contribution in [0.4, 0.5) is 0 Å². The molecule has 0 radical (unpaired) electrons. The van der Waals surface area contributed by atoms with E-state index in [1.165, 1.54) is 0 Å². The topological polar surface area (TPSA) is 44.4 Å². The first-order valence-electron chi connectivity index (χ1n) is 3.87. The zero-order valence-electron chi connectivity index (χ0n) is 7.05. The highest BCUT2D eigenvalue weighted by atomic mass is 16.2. The molecule has 1 saturated heterocycles. The third-order valence-corrected chi connectivity index (χ3v) is 1.78. The standard InChI is InChI=1S/C7H15N3O/c1-10(2)7(11)6-5-8-3-4-9-6/h6,8-9H,3-5H2,1-2H3/t6-/m1/s1. The monoisotopic (exact) mass is 157 g/mol. The van der Waals surface area contributed by atoms with Crippen LogP contribution in [0.15, 0.2) is 0 Å². The Morgan fingerprint density at radius 3 is 2.64 bits per heavy atom. The molecule has 0 spiro atoms. The van der Waals surface area contributed by atoms with Gasteiger partial charge >= 0.3 is 0 Å². The molecule has 1 aliphatic rings. The number of piperazine rings is 1. The molecule has 4 heteroatoms. The molecule has 0 aliphatic carbocycles. The third kappa shape index (κ3) is 2.17. The van der Waals surface area contributed by atoms with Gasteiger partial charge in [0.05, 0.1) is 6.04 Å². The average molecular weight is 157 g/mol. The van der Waals surface area contributed by atoms with Crippen molar-refractivity contribution in [1.82, 2.24) is 15.5 Å². The number of carbonyl (C=O) groups is 1. The third-order valence-electron chi connectivity index (χ3n) is 1.78. The predicted octanol–water partition coefficient (Wildman–Crippen LogP) is -1.36. The van der Waals surface area contributed by atoms with E-state index in [0.717, 1.165) is 19.6 Å². The van der Waals surface area contributed by atoms with E-state index in [2.05, 4.69) is 10.6 Å². The molecule has 0 unspecified atom stereocenters. The van der Waals surface area contributed by atoms with Crippen LogP contribution in [0, 0.1) is 0 Å². The number of amides is 1. The summed E-state index contributed by atoms with van der Waals surface area (Å²) < 4.78 is 0. The minimum Gasteiger partial charge on any atom is -0.347 e. The molecule has 0 bridgehead atoms. The van der Waals surface area contributed by atoms with Gasteiger partial charge in [-0.15, -0.1) is 0 Å². The molecule has 0 aromatic carbocycles. The zero-order valence-corrected chi connectivity index (χ0v) is 7.05. The molecule has 1 rings (SSSR count). The quantitative estimate of drug-likeness (QED) is 0.494. The van der Waals surface area contributed by atoms with Gasteiger partial charge in [-0.3, -0.25) is 4.79 Å². The number of hydrogen-bond donors (Lipinski definition) is 2. The van der Waals surface area contributed by atoms with Gasteiger partial charge in [-0.1, -0.05) is 0 Å². The zero-order chi connectivity index (χ0) is 8.27. The van der Waals surface area contributed by atoms with Gasteiger partial charge in [-0.05, 0) is 0 Å². The Kier molecular flexibility index (Phi) is 2.84. The van der Waals surface area contributed by atoms with Crippen molar-refractivity contribution in [3.8, 4) is 0 Å². The fraction of sp³-hybridized carbons (Fsp3) is 0.857. The lowest BCUT2D eigenvalue weighted by Gasteiger charge is -2.25. The van der Waals surface area contributed by atoms with Crippen LogP contribution in [0.5, 0.6) is 0 Å². The van der Waals surface area contributed by atoms with Crippen molar-refractivity contribution in [1.29, 1.82) is 0 Å². The van der Waals surface area contributed by atoms with Crippen molar-refractivity contribution in [2.24, 2.45) is 0 Å². The smallest absolute Gasteiger partial charge is 0.240 e. The fourth-order valence-electron chi connectivity index (χ4n) is 1.14. The maximum absolute atomic E-state index is 11.3. The summed E-state index contributed by atoms with van der Waals surface area (Å²) in [6, 6.07) is -0.0289. The predicted molar refractivity (Wildman–Crippen MR) is 43.4 cm³/mol. The van der Waals surface area contributed by atoms with Crippen LogP contribution in [0.1, 0.15) is 0 Å². The van der Waals surface area contributed by atoms with E-state index in [1.54, 1.807) is 19.0 Å². The Bertz CT molecular complexity index is 141. The molecule has 64 valence electrons. The summed E-state index contributed by atoms with van der Waals surface area (Å²) in [6.07, 6.45) is 0. The van der Waals surface area contributed by atoms with Gasteiger partial charge in [0, 0.05) is 33.7 Å². The van der Waals surface area contributed by atoms with Gasteiger partial charge in [-0.2, -0.15) is 0 Å². The molecule has 1 heterocycles.